The van der Waals surface area contributed by atoms with E-state index >= 15 is 0 Å². The Bertz CT molecular complexity index is 642. The number of alkyl halides is 1. The van der Waals surface area contributed by atoms with Crippen molar-refractivity contribution in [2.24, 2.45) is 0 Å². The topological polar surface area (TPSA) is 72.2 Å². The van der Waals surface area contributed by atoms with Crippen molar-refractivity contribution in [1.82, 2.24) is 5.32 Å². The number of hydrogen-bond donors (Lipinski definition) is 1. The first-order chi connectivity index (χ1) is 9.60. The summed E-state index contributed by atoms with van der Waals surface area (Å²) in [5.74, 6) is -0.299. The lowest BCUT2D eigenvalue weighted by Gasteiger charge is -2.05. The van der Waals surface area contributed by atoms with E-state index in [1.54, 1.807) is 0 Å². The normalized spacial score (nSPS) is 10.2. The molecule has 0 saturated heterocycles. The van der Waals surface area contributed by atoms with Crippen LogP contribution in [0.3, 0.4) is 0 Å². The minimum atomic E-state index is -0.499. The highest BCUT2D eigenvalue weighted by molar-refractivity contribution is 9.08. The first-order valence-electron chi connectivity index (χ1n) is 5.76. The Morgan fingerprint density at radius 2 is 2.05 bits per heavy atom. The van der Waals surface area contributed by atoms with Crippen molar-refractivity contribution in [3.05, 3.63) is 62.5 Å². The van der Waals surface area contributed by atoms with Crippen molar-refractivity contribution in [2.75, 3.05) is 0 Å². The van der Waals surface area contributed by atoms with E-state index in [9.17, 15) is 14.9 Å². The van der Waals surface area contributed by atoms with Gasteiger partial charge in [-0.25, -0.2) is 0 Å². The van der Waals surface area contributed by atoms with Crippen LogP contribution in [0.1, 0.15) is 20.8 Å². The number of benzene rings is 1. The van der Waals surface area contributed by atoms with E-state index in [-0.39, 0.29) is 10.9 Å². The van der Waals surface area contributed by atoms with Crippen LogP contribution in [0.5, 0.6) is 0 Å². The molecule has 0 radical (unpaired) electrons. The summed E-state index contributed by atoms with van der Waals surface area (Å²) >= 11 is 4.25. The number of nitrogens with one attached hydrogen (secondary N) is 1. The summed E-state index contributed by atoms with van der Waals surface area (Å²) in [5.41, 5.74) is 2.12. The van der Waals surface area contributed by atoms with Gasteiger partial charge in [0, 0.05) is 17.9 Å². The van der Waals surface area contributed by atoms with Gasteiger partial charge in [0.1, 0.15) is 0 Å². The second-order valence-electron chi connectivity index (χ2n) is 4.03. The predicted octanol–water partition coefficient (Wildman–Crippen LogP) is 3.48. The average molecular weight is 355 g/mol. The zero-order valence-corrected chi connectivity index (χ0v) is 12.7. The van der Waals surface area contributed by atoms with E-state index in [0.29, 0.717) is 11.4 Å². The van der Waals surface area contributed by atoms with E-state index in [1.807, 2.05) is 24.3 Å². The molecule has 1 aromatic carbocycles. The van der Waals surface area contributed by atoms with Crippen LogP contribution in [0.25, 0.3) is 0 Å². The van der Waals surface area contributed by atoms with Gasteiger partial charge in [0.05, 0.1) is 9.80 Å². The van der Waals surface area contributed by atoms with E-state index in [4.69, 9.17) is 0 Å². The molecular formula is C13H11BrN2O3S. The third-order valence-corrected chi connectivity index (χ3v) is 4.28. The van der Waals surface area contributed by atoms with E-state index < -0.39 is 4.92 Å². The number of hydrogen-bond acceptors (Lipinski definition) is 4. The number of amides is 1. The highest BCUT2D eigenvalue weighted by atomic mass is 79.9. The number of carbonyl (C=O) groups is 1. The van der Waals surface area contributed by atoms with Crippen LogP contribution >= 0.6 is 27.3 Å². The average Bonchev–Trinajstić information content (AvgIpc) is 2.95. The summed E-state index contributed by atoms with van der Waals surface area (Å²) in [6, 6.07) is 10.6. The molecule has 7 heteroatoms. The largest absolute Gasteiger partial charge is 0.347 e. The maximum atomic E-state index is 11.9. The molecule has 0 spiro atoms. The van der Waals surface area contributed by atoms with Crippen LogP contribution in [0.2, 0.25) is 0 Å². The molecule has 20 heavy (non-hydrogen) atoms. The molecule has 2 rings (SSSR count). The van der Waals surface area contributed by atoms with Crippen LogP contribution in [0.4, 0.5) is 5.00 Å². The maximum Gasteiger partial charge on any atom is 0.324 e. The van der Waals surface area contributed by atoms with Gasteiger partial charge in [-0.2, -0.15) is 0 Å². The molecule has 0 aliphatic heterocycles. The van der Waals surface area contributed by atoms with Crippen LogP contribution in [0.15, 0.2) is 36.4 Å². The SMILES string of the molecule is O=C(NCc1cccc(CBr)c1)c1ccc([N+](=O)[O-])s1. The van der Waals surface area contributed by atoms with Gasteiger partial charge >= 0.3 is 5.00 Å². The lowest BCUT2D eigenvalue weighted by Crippen LogP contribution is -2.21. The summed E-state index contributed by atoms with van der Waals surface area (Å²) < 4.78 is 0. The Morgan fingerprint density at radius 1 is 1.30 bits per heavy atom. The third kappa shape index (κ3) is 3.64. The Hall–Kier alpha value is -1.73. The summed E-state index contributed by atoms with van der Waals surface area (Å²) in [6.07, 6.45) is 0. The molecule has 0 saturated carbocycles. The van der Waals surface area contributed by atoms with Crippen molar-refractivity contribution in [2.45, 2.75) is 11.9 Å². The summed E-state index contributed by atoms with van der Waals surface area (Å²) in [7, 11) is 0. The number of carbonyl (C=O) groups excluding carboxylic acids is 1. The molecule has 5 nitrogen and oxygen atoms in total. The quantitative estimate of drug-likeness (QED) is 0.507. The number of rotatable bonds is 5. The van der Waals surface area contributed by atoms with Gasteiger partial charge in [-0.15, -0.1) is 0 Å². The van der Waals surface area contributed by atoms with Crippen molar-refractivity contribution in [3.63, 3.8) is 0 Å². The molecule has 0 aliphatic rings. The van der Waals surface area contributed by atoms with Crippen LogP contribution in [-0.4, -0.2) is 10.8 Å². The molecule has 1 N–H and O–H groups in total. The second-order valence-corrected chi connectivity index (χ2v) is 5.65. The van der Waals surface area contributed by atoms with Gasteiger partial charge in [-0.05, 0) is 17.2 Å². The van der Waals surface area contributed by atoms with Gasteiger partial charge in [-0.1, -0.05) is 51.5 Å². The lowest BCUT2D eigenvalue weighted by atomic mass is 10.1. The van der Waals surface area contributed by atoms with Gasteiger partial charge in [0.2, 0.25) is 0 Å². The molecule has 0 unspecified atom stereocenters. The van der Waals surface area contributed by atoms with Crippen LogP contribution < -0.4 is 5.32 Å². The van der Waals surface area contributed by atoms with Crippen molar-refractivity contribution in [3.8, 4) is 0 Å². The fraction of sp³-hybridized carbons (Fsp3) is 0.154. The molecule has 0 atom stereocenters. The summed E-state index contributed by atoms with van der Waals surface area (Å²) in [5, 5.41) is 14.0. The molecule has 1 aromatic heterocycles. The lowest BCUT2D eigenvalue weighted by molar-refractivity contribution is -0.380. The fourth-order valence-electron chi connectivity index (χ4n) is 1.64. The second kappa shape index (κ2) is 6.62. The molecule has 1 heterocycles. The summed E-state index contributed by atoms with van der Waals surface area (Å²) in [4.78, 5) is 22.3. The molecule has 2 aromatic rings. The first kappa shape index (κ1) is 14.7. The smallest absolute Gasteiger partial charge is 0.324 e. The minimum absolute atomic E-state index is 0.0311. The number of thiophene rings is 1. The monoisotopic (exact) mass is 354 g/mol. The van der Waals surface area contributed by atoms with Crippen LogP contribution in [-0.2, 0) is 11.9 Å². The van der Waals surface area contributed by atoms with Gasteiger partial charge in [0.25, 0.3) is 5.91 Å². The minimum Gasteiger partial charge on any atom is -0.347 e. The molecule has 0 bridgehead atoms. The number of nitrogens with zero attached hydrogens (tertiary/aromatic N) is 1. The van der Waals surface area contributed by atoms with Crippen molar-refractivity contribution >= 4 is 38.2 Å². The Labute approximate surface area is 127 Å². The Kier molecular flexibility index (Phi) is 4.86. The van der Waals surface area contributed by atoms with Crippen molar-refractivity contribution < 1.29 is 9.72 Å². The standard InChI is InChI=1S/C13H11BrN2O3S/c14-7-9-2-1-3-10(6-9)8-15-13(17)11-4-5-12(20-11)16(18)19/h1-6H,7-8H2,(H,15,17). The van der Waals surface area contributed by atoms with Gasteiger partial charge in [-0.3, -0.25) is 14.9 Å². The van der Waals surface area contributed by atoms with Crippen LogP contribution in [0, 0.1) is 10.1 Å². The Balaban J connectivity index is 1.98. The molecular weight excluding hydrogens is 344 g/mol. The van der Waals surface area contributed by atoms with Gasteiger partial charge < -0.3 is 5.32 Å². The number of halogens is 1. The first-order valence-corrected chi connectivity index (χ1v) is 7.70. The van der Waals surface area contributed by atoms with Crippen molar-refractivity contribution in [1.29, 1.82) is 0 Å². The molecule has 0 fully saturated rings. The highest BCUT2D eigenvalue weighted by Crippen LogP contribution is 2.23. The number of nitro groups is 1. The highest BCUT2D eigenvalue weighted by Gasteiger charge is 2.14. The third-order valence-electron chi connectivity index (χ3n) is 2.59. The zero-order chi connectivity index (χ0) is 14.5. The predicted molar refractivity (Wildman–Crippen MR) is 81.2 cm³/mol. The zero-order valence-electron chi connectivity index (χ0n) is 10.3. The fourth-order valence-corrected chi connectivity index (χ4v) is 2.73. The molecule has 1 amide bonds. The Morgan fingerprint density at radius 3 is 2.70 bits per heavy atom. The molecule has 0 aliphatic carbocycles. The van der Waals surface area contributed by atoms with E-state index in [2.05, 4.69) is 21.2 Å². The molecule has 104 valence electrons. The van der Waals surface area contributed by atoms with Gasteiger partial charge in [0.15, 0.2) is 0 Å². The van der Waals surface area contributed by atoms with E-state index in [1.165, 1.54) is 12.1 Å². The summed E-state index contributed by atoms with van der Waals surface area (Å²) in [6.45, 7) is 0.394. The maximum absolute atomic E-state index is 11.9. The van der Waals surface area contributed by atoms with E-state index in [0.717, 1.165) is 27.8 Å².